The van der Waals surface area contributed by atoms with E-state index in [-0.39, 0.29) is 42.0 Å². The van der Waals surface area contributed by atoms with Gasteiger partial charge in [-0.25, -0.2) is 0 Å². The molecule has 2 aliphatic rings. The molecule has 8 nitrogen and oxygen atoms in total. The number of amides is 5. The van der Waals surface area contributed by atoms with Crippen LogP contribution >= 0.6 is 0 Å². The fourth-order valence-electron chi connectivity index (χ4n) is 2.86. The fourth-order valence-corrected chi connectivity index (χ4v) is 2.86. The quantitative estimate of drug-likeness (QED) is 0.781. The minimum Gasteiger partial charge on any atom is -0.325 e. The average molecular weight is 329 g/mol. The molecule has 0 aliphatic carbocycles. The number of hydrogen-bond donors (Lipinski definition) is 2. The van der Waals surface area contributed by atoms with Crippen LogP contribution in [0.5, 0.6) is 0 Å². The van der Waals surface area contributed by atoms with E-state index < -0.39 is 29.7 Å². The van der Waals surface area contributed by atoms with Crippen LogP contribution in [0.1, 0.15) is 46.9 Å². The molecule has 2 aliphatic heterocycles. The van der Waals surface area contributed by atoms with Gasteiger partial charge in [0.1, 0.15) is 6.04 Å². The molecule has 0 bridgehead atoms. The molecule has 3 rings (SSSR count). The Kier molecular flexibility index (Phi) is 3.88. The standard InChI is InChI=1S/C16H15N3O5/c1-2-11(20)17-9-5-3-4-8-13(9)16(24)19(15(8)23)10-6-7-12(21)18-14(10)22/h3-5,10H,2,6-7H2,1H3,(H,17,20)(H,18,21,22). The summed E-state index contributed by atoms with van der Waals surface area (Å²) in [7, 11) is 0. The number of nitrogens with one attached hydrogen (secondary N) is 2. The van der Waals surface area contributed by atoms with Gasteiger partial charge in [0.15, 0.2) is 0 Å². The van der Waals surface area contributed by atoms with Gasteiger partial charge in [-0.2, -0.15) is 0 Å². The first-order chi connectivity index (χ1) is 11.4. The highest BCUT2D eigenvalue weighted by Crippen LogP contribution is 2.32. The van der Waals surface area contributed by atoms with E-state index in [1.165, 1.54) is 12.1 Å². The van der Waals surface area contributed by atoms with E-state index in [4.69, 9.17) is 0 Å². The lowest BCUT2D eigenvalue weighted by atomic mass is 10.0. The lowest BCUT2D eigenvalue weighted by molar-refractivity contribution is -0.136. The molecule has 124 valence electrons. The molecule has 5 amide bonds. The Labute approximate surface area is 137 Å². The first-order valence-electron chi connectivity index (χ1n) is 7.58. The van der Waals surface area contributed by atoms with Crippen molar-refractivity contribution in [2.75, 3.05) is 5.32 Å². The molecule has 0 saturated carbocycles. The zero-order valence-corrected chi connectivity index (χ0v) is 12.9. The van der Waals surface area contributed by atoms with Gasteiger partial charge < -0.3 is 5.32 Å². The summed E-state index contributed by atoms with van der Waals surface area (Å²) in [5, 5.41) is 4.73. The third-order valence-corrected chi connectivity index (χ3v) is 4.06. The zero-order valence-electron chi connectivity index (χ0n) is 12.9. The average Bonchev–Trinajstić information content (AvgIpc) is 2.80. The summed E-state index contributed by atoms with van der Waals surface area (Å²) < 4.78 is 0. The molecule has 2 heterocycles. The number of fused-ring (bicyclic) bond motifs is 1. The Morgan fingerprint density at radius 1 is 1.25 bits per heavy atom. The van der Waals surface area contributed by atoms with Crippen LogP contribution in [-0.2, 0) is 14.4 Å². The van der Waals surface area contributed by atoms with E-state index in [1.807, 2.05) is 0 Å². The second-order valence-electron chi connectivity index (χ2n) is 5.58. The summed E-state index contributed by atoms with van der Waals surface area (Å²) in [6.07, 6.45) is 0.374. The third-order valence-electron chi connectivity index (χ3n) is 4.06. The maximum atomic E-state index is 12.7. The normalized spacial score (nSPS) is 20.0. The number of rotatable bonds is 3. The molecule has 2 N–H and O–H groups in total. The van der Waals surface area contributed by atoms with Crippen molar-refractivity contribution in [3.63, 3.8) is 0 Å². The number of carbonyl (C=O) groups is 5. The van der Waals surface area contributed by atoms with Crippen LogP contribution in [0.15, 0.2) is 18.2 Å². The molecule has 8 heteroatoms. The minimum atomic E-state index is -1.02. The summed E-state index contributed by atoms with van der Waals surface area (Å²) in [5.41, 5.74) is 0.458. The van der Waals surface area contributed by atoms with Crippen molar-refractivity contribution in [3.05, 3.63) is 29.3 Å². The van der Waals surface area contributed by atoms with Crippen LogP contribution in [0.2, 0.25) is 0 Å². The molecule has 0 radical (unpaired) electrons. The van der Waals surface area contributed by atoms with Crippen molar-refractivity contribution >= 4 is 35.2 Å². The fraction of sp³-hybridized carbons (Fsp3) is 0.312. The molecule has 1 atom stereocenters. The van der Waals surface area contributed by atoms with Gasteiger partial charge in [0, 0.05) is 12.8 Å². The van der Waals surface area contributed by atoms with Crippen LogP contribution in [0, 0.1) is 0 Å². The van der Waals surface area contributed by atoms with Crippen LogP contribution in [0.3, 0.4) is 0 Å². The first-order valence-corrected chi connectivity index (χ1v) is 7.58. The Morgan fingerprint density at radius 2 is 2.00 bits per heavy atom. The Morgan fingerprint density at radius 3 is 2.67 bits per heavy atom. The van der Waals surface area contributed by atoms with Gasteiger partial charge >= 0.3 is 0 Å². The van der Waals surface area contributed by atoms with Crippen molar-refractivity contribution in [2.24, 2.45) is 0 Å². The topological polar surface area (TPSA) is 113 Å². The van der Waals surface area contributed by atoms with Gasteiger partial charge in [0.05, 0.1) is 16.8 Å². The largest absolute Gasteiger partial charge is 0.325 e. The smallest absolute Gasteiger partial charge is 0.264 e. The van der Waals surface area contributed by atoms with E-state index in [0.717, 1.165) is 4.90 Å². The molecule has 1 unspecified atom stereocenters. The van der Waals surface area contributed by atoms with E-state index in [0.29, 0.717) is 0 Å². The van der Waals surface area contributed by atoms with Crippen molar-refractivity contribution in [2.45, 2.75) is 32.2 Å². The number of hydrogen-bond acceptors (Lipinski definition) is 5. The van der Waals surface area contributed by atoms with Gasteiger partial charge in [-0.1, -0.05) is 13.0 Å². The molecule has 0 spiro atoms. The van der Waals surface area contributed by atoms with E-state index >= 15 is 0 Å². The molecular formula is C16H15N3O5. The molecule has 1 fully saturated rings. The highest BCUT2D eigenvalue weighted by atomic mass is 16.2. The highest BCUT2D eigenvalue weighted by Gasteiger charge is 2.45. The summed E-state index contributed by atoms with van der Waals surface area (Å²) in [6.45, 7) is 1.67. The summed E-state index contributed by atoms with van der Waals surface area (Å²) >= 11 is 0. The Bertz CT molecular complexity index is 786. The second kappa shape index (κ2) is 5.88. The minimum absolute atomic E-state index is 0.0588. The molecule has 1 aromatic rings. The van der Waals surface area contributed by atoms with Crippen molar-refractivity contribution in [3.8, 4) is 0 Å². The Balaban J connectivity index is 1.97. The number of benzene rings is 1. The summed E-state index contributed by atoms with van der Waals surface area (Å²) in [5.74, 6) is -2.62. The highest BCUT2D eigenvalue weighted by molar-refractivity contribution is 6.26. The third kappa shape index (κ3) is 2.45. The number of carbonyl (C=O) groups excluding carboxylic acids is 5. The zero-order chi connectivity index (χ0) is 17.4. The molecule has 1 saturated heterocycles. The lowest BCUT2D eigenvalue weighted by Crippen LogP contribution is -2.54. The lowest BCUT2D eigenvalue weighted by Gasteiger charge is -2.27. The summed E-state index contributed by atoms with van der Waals surface area (Å²) in [6, 6.07) is 3.54. The number of anilines is 1. The van der Waals surface area contributed by atoms with Crippen molar-refractivity contribution < 1.29 is 24.0 Å². The number of imide groups is 2. The first kappa shape index (κ1) is 15.9. The molecule has 0 aromatic heterocycles. The number of piperidine rings is 1. The monoisotopic (exact) mass is 329 g/mol. The number of nitrogens with zero attached hydrogens (tertiary/aromatic N) is 1. The van der Waals surface area contributed by atoms with E-state index in [9.17, 15) is 24.0 Å². The van der Waals surface area contributed by atoms with Gasteiger partial charge in [-0.05, 0) is 18.6 Å². The summed E-state index contributed by atoms with van der Waals surface area (Å²) in [4.78, 5) is 61.0. The van der Waals surface area contributed by atoms with Crippen molar-refractivity contribution in [1.29, 1.82) is 0 Å². The predicted octanol–water partition coefficient (Wildman–Crippen LogP) is 0.436. The molecule has 24 heavy (non-hydrogen) atoms. The van der Waals surface area contributed by atoms with Gasteiger partial charge in [-0.3, -0.25) is 34.2 Å². The van der Waals surface area contributed by atoms with Crippen LogP contribution in [0.4, 0.5) is 5.69 Å². The maximum Gasteiger partial charge on any atom is 0.264 e. The van der Waals surface area contributed by atoms with Crippen LogP contribution in [-0.4, -0.2) is 40.5 Å². The van der Waals surface area contributed by atoms with Gasteiger partial charge in [0.25, 0.3) is 11.8 Å². The van der Waals surface area contributed by atoms with E-state index in [1.54, 1.807) is 13.0 Å². The SMILES string of the molecule is CCC(=O)Nc1cccc2c1C(=O)N(C1CCC(=O)NC1=O)C2=O. The van der Waals surface area contributed by atoms with Gasteiger partial charge in [0.2, 0.25) is 17.7 Å². The predicted molar refractivity (Wildman–Crippen MR) is 82.0 cm³/mol. The molecule has 1 aromatic carbocycles. The maximum absolute atomic E-state index is 12.7. The van der Waals surface area contributed by atoms with E-state index in [2.05, 4.69) is 10.6 Å². The Hall–Kier alpha value is -3.03. The molecular weight excluding hydrogens is 314 g/mol. The van der Waals surface area contributed by atoms with Crippen molar-refractivity contribution in [1.82, 2.24) is 10.2 Å². The van der Waals surface area contributed by atoms with Crippen LogP contribution < -0.4 is 10.6 Å². The second-order valence-corrected chi connectivity index (χ2v) is 5.58. The van der Waals surface area contributed by atoms with Crippen LogP contribution in [0.25, 0.3) is 0 Å². The van der Waals surface area contributed by atoms with Gasteiger partial charge in [-0.15, -0.1) is 0 Å².